The van der Waals surface area contributed by atoms with E-state index >= 15 is 0 Å². The van der Waals surface area contributed by atoms with Crippen LogP contribution in [0.4, 0.5) is 11.4 Å². The van der Waals surface area contributed by atoms with Gasteiger partial charge < -0.3 is 15.1 Å². The molecule has 1 saturated heterocycles. The van der Waals surface area contributed by atoms with Gasteiger partial charge in [-0.3, -0.25) is 4.79 Å². The van der Waals surface area contributed by atoms with Gasteiger partial charge in [-0.05, 0) is 56.3 Å². The number of nitrogens with zero attached hydrogens (tertiary/aromatic N) is 3. The summed E-state index contributed by atoms with van der Waals surface area (Å²) in [5.74, 6) is 0.0149. The van der Waals surface area contributed by atoms with Crippen molar-refractivity contribution in [3.63, 3.8) is 0 Å². The summed E-state index contributed by atoms with van der Waals surface area (Å²) < 4.78 is 0. The molecule has 1 aromatic carbocycles. The van der Waals surface area contributed by atoms with Gasteiger partial charge >= 0.3 is 0 Å². The third-order valence-electron chi connectivity index (χ3n) is 4.28. The number of piperazine rings is 1. The molecule has 2 heterocycles. The normalized spacial score (nSPS) is 15.4. The second kappa shape index (κ2) is 7.01. The molecule has 24 heavy (non-hydrogen) atoms. The summed E-state index contributed by atoms with van der Waals surface area (Å²) >= 11 is 0. The van der Waals surface area contributed by atoms with Crippen molar-refractivity contribution in [1.29, 1.82) is 0 Å². The number of hydrogen-bond acceptors (Lipinski definition) is 4. The minimum atomic E-state index is 0.0149. The molecule has 2 aromatic rings. The Bertz CT molecular complexity index is 698. The number of aromatic nitrogens is 1. The SMILES string of the molecule is Cc1cc(C)cc(Nc2ccc(C(=O)N3CCN(C)CC3)nc2)c1. The van der Waals surface area contributed by atoms with Crippen molar-refractivity contribution in [2.75, 3.05) is 38.5 Å². The zero-order chi connectivity index (χ0) is 17.1. The molecule has 1 fully saturated rings. The van der Waals surface area contributed by atoms with Crippen molar-refractivity contribution >= 4 is 17.3 Å². The Balaban J connectivity index is 1.67. The Labute approximate surface area is 143 Å². The Morgan fingerprint density at radius 3 is 2.25 bits per heavy atom. The van der Waals surface area contributed by atoms with Crippen molar-refractivity contribution in [3.8, 4) is 0 Å². The zero-order valence-electron chi connectivity index (χ0n) is 14.5. The second-order valence-corrected chi connectivity index (χ2v) is 6.53. The lowest BCUT2D eigenvalue weighted by atomic mass is 10.1. The largest absolute Gasteiger partial charge is 0.354 e. The molecule has 0 spiro atoms. The quantitative estimate of drug-likeness (QED) is 0.943. The van der Waals surface area contributed by atoms with E-state index in [1.165, 1.54) is 11.1 Å². The molecule has 0 radical (unpaired) electrons. The van der Waals surface area contributed by atoms with Gasteiger partial charge in [0.15, 0.2) is 0 Å². The lowest BCUT2D eigenvalue weighted by molar-refractivity contribution is 0.0658. The molecular weight excluding hydrogens is 300 g/mol. The summed E-state index contributed by atoms with van der Waals surface area (Å²) in [5, 5.41) is 3.34. The molecule has 5 heteroatoms. The van der Waals surface area contributed by atoms with E-state index in [1.54, 1.807) is 12.3 Å². The fourth-order valence-corrected chi connectivity index (χ4v) is 2.98. The first kappa shape index (κ1) is 16.5. The highest BCUT2D eigenvalue weighted by Crippen LogP contribution is 2.19. The molecule has 126 valence electrons. The maximum Gasteiger partial charge on any atom is 0.272 e. The number of carbonyl (C=O) groups is 1. The average Bonchev–Trinajstić information content (AvgIpc) is 2.55. The third-order valence-corrected chi connectivity index (χ3v) is 4.28. The summed E-state index contributed by atoms with van der Waals surface area (Å²) in [5.41, 5.74) is 4.85. The van der Waals surface area contributed by atoms with Crippen molar-refractivity contribution in [2.24, 2.45) is 0 Å². The number of likely N-dealkylation sites (N-methyl/N-ethyl adjacent to an activating group) is 1. The fraction of sp³-hybridized carbons (Fsp3) is 0.368. The van der Waals surface area contributed by atoms with E-state index in [1.807, 2.05) is 11.0 Å². The van der Waals surface area contributed by atoms with E-state index in [-0.39, 0.29) is 5.91 Å². The smallest absolute Gasteiger partial charge is 0.272 e. The number of anilines is 2. The van der Waals surface area contributed by atoms with Crippen molar-refractivity contribution in [3.05, 3.63) is 53.3 Å². The molecule has 1 aliphatic heterocycles. The van der Waals surface area contributed by atoms with E-state index in [0.29, 0.717) is 5.69 Å². The molecule has 1 N–H and O–H groups in total. The van der Waals surface area contributed by atoms with Crippen LogP contribution in [0.3, 0.4) is 0 Å². The van der Waals surface area contributed by atoms with Crippen LogP contribution in [0.15, 0.2) is 36.5 Å². The van der Waals surface area contributed by atoms with Crippen LogP contribution in [0.5, 0.6) is 0 Å². The van der Waals surface area contributed by atoms with Gasteiger partial charge in [0.25, 0.3) is 5.91 Å². The highest BCUT2D eigenvalue weighted by Gasteiger charge is 2.21. The first-order chi connectivity index (χ1) is 11.5. The average molecular weight is 324 g/mol. The molecule has 0 atom stereocenters. The Morgan fingerprint density at radius 1 is 1.00 bits per heavy atom. The minimum Gasteiger partial charge on any atom is -0.354 e. The second-order valence-electron chi connectivity index (χ2n) is 6.53. The molecule has 3 rings (SSSR count). The molecule has 0 unspecified atom stereocenters. The molecule has 1 aromatic heterocycles. The third kappa shape index (κ3) is 3.92. The summed E-state index contributed by atoms with van der Waals surface area (Å²) in [7, 11) is 2.08. The first-order valence-electron chi connectivity index (χ1n) is 8.30. The van der Waals surface area contributed by atoms with Gasteiger partial charge in [-0.2, -0.15) is 0 Å². The minimum absolute atomic E-state index is 0.0149. The van der Waals surface area contributed by atoms with Crippen molar-refractivity contribution in [2.45, 2.75) is 13.8 Å². The lowest BCUT2D eigenvalue weighted by Crippen LogP contribution is -2.47. The number of hydrogen-bond donors (Lipinski definition) is 1. The predicted molar refractivity (Wildman–Crippen MR) is 96.8 cm³/mol. The van der Waals surface area contributed by atoms with Gasteiger partial charge in [0.1, 0.15) is 5.69 Å². The molecule has 1 amide bonds. The standard InChI is InChI=1S/C19H24N4O/c1-14-10-15(2)12-17(11-14)21-16-4-5-18(20-13-16)19(24)23-8-6-22(3)7-9-23/h4-5,10-13,21H,6-9H2,1-3H3. The van der Waals surface area contributed by atoms with E-state index in [0.717, 1.165) is 37.6 Å². The number of carbonyl (C=O) groups excluding carboxylic acids is 1. The van der Waals surface area contributed by atoms with Gasteiger partial charge in [-0.25, -0.2) is 4.98 Å². The van der Waals surface area contributed by atoms with E-state index < -0.39 is 0 Å². The molecule has 1 aliphatic rings. The molecule has 0 saturated carbocycles. The van der Waals surface area contributed by atoms with Crippen molar-refractivity contribution < 1.29 is 4.79 Å². The summed E-state index contributed by atoms with van der Waals surface area (Å²) in [6.45, 7) is 7.51. The number of amides is 1. The topological polar surface area (TPSA) is 48.5 Å². The lowest BCUT2D eigenvalue weighted by Gasteiger charge is -2.32. The molecule has 5 nitrogen and oxygen atoms in total. The summed E-state index contributed by atoms with van der Waals surface area (Å²) in [4.78, 5) is 20.9. The van der Waals surface area contributed by atoms with Gasteiger partial charge in [-0.15, -0.1) is 0 Å². The molecule has 0 aliphatic carbocycles. The number of aryl methyl sites for hydroxylation is 2. The van der Waals surface area contributed by atoms with Crippen LogP contribution in [0.2, 0.25) is 0 Å². The number of pyridine rings is 1. The van der Waals surface area contributed by atoms with Gasteiger partial charge in [0.2, 0.25) is 0 Å². The summed E-state index contributed by atoms with van der Waals surface area (Å²) in [6, 6.07) is 10.0. The Kier molecular flexibility index (Phi) is 4.81. The number of rotatable bonds is 3. The van der Waals surface area contributed by atoms with Crippen molar-refractivity contribution in [1.82, 2.24) is 14.8 Å². The molecule has 0 bridgehead atoms. The summed E-state index contributed by atoms with van der Waals surface area (Å²) in [6.07, 6.45) is 1.72. The van der Waals surface area contributed by atoms with Crippen LogP contribution in [-0.2, 0) is 0 Å². The van der Waals surface area contributed by atoms with Crippen LogP contribution in [0.25, 0.3) is 0 Å². The predicted octanol–water partition coefficient (Wildman–Crippen LogP) is 2.83. The van der Waals surface area contributed by atoms with E-state index in [9.17, 15) is 4.79 Å². The first-order valence-corrected chi connectivity index (χ1v) is 8.30. The Morgan fingerprint density at radius 2 is 1.67 bits per heavy atom. The van der Waals surface area contributed by atoms with E-state index in [4.69, 9.17) is 0 Å². The van der Waals surface area contributed by atoms with Gasteiger partial charge in [0, 0.05) is 31.9 Å². The zero-order valence-corrected chi connectivity index (χ0v) is 14.5. The fourth-order valence-electron chi connectivity index (χ4n) is 2.98. The van der Waals surface area contributed by atoms with Gasteiger partial charge in [-0.1, -0.05) is 6.07 Å². The van der Waals surface area contributed by atoms with E-state index in [2.05, 4.69) is 54.3 Å². The van der Waals surface area contributed by atoms with Crippen LogP contribution >= 0.6 is 0 Å². The van der Waals surface area contributed by atoms with Gasteiger partial charge in [0.05, 0.1) is 11.9 Å². The highest BCUT2D eigenvalue weighted by atomic mass is 16.2. The maximum absolute atomic E-state index is 12.5. The highest BCUT2D eigenvalue weighted by molar-refractivity contribution is 5.92. The maximum atomic E-state index is 12.5. The Hall–Kier alpha value is -2.40. The number of nitrogens with one attached hydrogen (secondary N) is 1. The van der Waals surface area contributed by atoms with Crippen LogP contribution in [0, 0.1) is 13.8 Å². The van der Waals surface area contributed by atoms with Crippen LogP contribution in [0.1, 0.15) is 21.6 Å². The van der Waals surface area contributed by atoms with Crippen LogP contribution < -0.4 is 5.32 Å². The monoisotopic (exact) mass is 324 g/mol. The molecular formula is C19H24N4O. The van der Waals surface area contributed by atoms with Crippen LogP contribution in [-0.4, -0.2) is 53.9 Å². The number of benzene rings is 1.